The van der Waals surface area contributed by atoms with Crippen molar-refractivity contribution in [2.75, 3.05) is 6.54 Å². The molecule has 2 rings (SSSR count). The normalized spacial score (nSPS) is 12.5. The second kappa shape index (κ2) is 6.26. The molecule has 9 heteroatoms. The molecule has 0 amide bonds. The first-order valence-corrected chi connectivity index (χ1v) is 6.02. The van der Waals surface area contributed by atoms with Gasteiger partial charge in [0.2, 0.25) is 0 Å². The summed E-state index contributed by atoms with van der Waals surface area (Å²) in [5.41, 5.74) is 0.660. The van der Waals surface area contributed by atoms with Gasteiger partial charge in [0.1, 0.15) is 18.2 Å². The van der Waals surface area contributed by atoms with Gasteiger partial charge in [-0.3, -0.25) is 14.8 Å². The summed E-state index contributed by atoms with van der Waals surface area (Å²) in [5, 5.41) is 30.9. The van der Waals surface area contributed by atoms with Crippen molar-refractivity contribution in [2.45, 2.75) is 26.1 Å². The minimum atomic E-state index is -0.706. The van der Waals surface area contributed by atoms with Gasteiger partial charge in [-0.05, 0) is 6.92 Å². The van der Waals surface area contributed by atoms with Crippen LogP contribution < -0.4 is 5.32 Å². The first-order chi connectivity index (χ1) is 9.54. The number of rotatable bonds is 7. The van der Waals surface area contributed by atoms with E-state index in [0.717, 1.165) is 17.7 Å². The van der Waals surface area contributed by atoms with Crippen LogP contribution >= 0.6 is 0 Å². The summed E-state index contributed by atoms with van der Waals surface area (Å²) in [6.45, 7) is 2.78. The quantitative estimate of drug-likeness (QED) is 0.551. The first-order valence-electron chi connectivity index (χ1n) is 6.02. The minimum Gasteiger partial charge on any atom is -0.390 e. The number of hydrogen-bond acceptors (Lipinski definition) is 7. The molecule has 0 aliphatic heterocycles. The van der Waals surface area contributed by atoms with Gasteiger partial charge in [0.25, 0.3) is 0 Å². The number of nitrogens with one attached hydrogen (secondary N) is 1. The highest BCUT2D eigenvalue weighted by Gasteiger charge is 2.11. The third-order valence-electron chi connectivity index (χ3n) is 2.59. The van der Waals surface area contributed by atoms with Crippen LogP contribution in [0.1, 0.15) is 11.5 Å². The SMILES string of the molecule is Cc1cc(CNCC(O)Cn2cc([N+](=O)[O-])cn2)no1. The molecule has 0 aliphatic carbocycles. The van der Waals surface area contributed by atoms with Gasteiger partial charge in [0.05, 0.1) is 23.3 Å². The monoisotopic (exact) mass is 281 g/mol. The Kier molecular flexibility index (Phi) is 4.43. The summed E-state index contributed by atoms with van der Waals surface area (Å²) in [4.78, 5) is 9.97. The molecule has 2 aromatic heterocycles. The summed E-state index contributed by atoms with van der Waals surface area (Å²) in [7, 11) is 0. The fraction of sp³-hybridized carbons (Fsp3) is 0.455. The van der Waals surface area contributed by atoms with Gasteiger partial charge in [-0.15, -0.1) is 0 Å². The van der Waals surface area contributed by atoms with Gasteiger partial charge in [-0.1, -0.05) is 5.16 Å². The van der Waals surface area contributed by atoms with E-state index in [9.17, 15) is 15.2 Å². The topological polar surface area (TPSA) is 119 Å². The molecule has 0 aromatic carbocycles. The lowest BCUT2D eigenvalue weighted by Gasteiger charge is -2.10. The third kappa shape index (κ3) is 3.87. The smallest absolute Gasteiger partial charge is 0.306 e. The molecule has 2 aromatic rings. The Bertz CT molecular complexity index is 579. The molecule has 2 heterocycles. The van der Waals surface area contributed by atoms with E-state index >= 15 is 0 Å². The third-order valence-corrected chi connectivity index (χ3v) is 2.59. The number of nitro groups is 1. The maximum Gasteiger partial charge on any atom is 0.306 e. The molecular formula is C11H15N5O4. The van der Waals surface area contributed by atoms with Gasteiger partial charge in [0, 0.05) is 19.2 Å². The second-order valence-electron chi connectivity index (χ2n) is 4.39. The number of aromatic nitrogens is 3. The lowest BCUT2D eigenvalue weighted by Crippen LogP contribution is -2.30. The van der Waals surface area contributed by atoms with E-state index in [2.05, 4.69) is 15.6 Å². The van der Waals surface area contributed by atoms with Crippen LogP contribution in [-0.2, 0) is 13.1 Å². The number of aliphatic hydroxyl groups excluding tert-OH is 1. The van der Waals surface area contributed by atoms with Crippen LogP contribution in [0.15, 0.2) is 23.0 Å². The van der Waals surface area contributed by atoms with Crippen molar-refractivity contribution >= 4 is 5.69 Å². The molecule has 108 valence electrons. The predicted molar refractivity (Wildman–Crippen MR) is 67.8 cm³/mol. The van der Waals surface area contributed by atoms with E-state index in [0.29, 0.717) is 13.1 Å². The van der Waals surface area contributed by atoms with E-state index in [1.165, 1.54) is 10.9 Å². The molecule has 1 unspecified atom stereocenters. The second-order valence-corrected chi connectivity index (χ2v) is 4.39. The molecule has 20 heavy (non-hydrogen) atoms. The van der Waals surface area contributed by atoms with E-state index < -0.39 is 11.0 Å². The predicted octanol–water partition coefficient (Wildman–Crippen LogP) is 0.238. The van der Waals surface area contributed by atoms with Crippen LogP contribution in [0.5, 0.6) is 0 Å². The summed E-state index contributed by atoms with van der Waals surface area (Å²) in [6.07, 6.45) is 1.73. The molecule has 2 N–H and O–H groups in total. The lowest BCUT2D eigenvalue weighted by atomic mass is 10.3. The van der Waals surface area contributed by atoms with Crippen molar-refractivity contribution in [3.8, 4) is 0 Å². The van der Waals surface area contributed by atoms with Crippen molar-refractivity contribution in [1.29, 1.82) is 0 Å². The zero-order chi connectivity index (χ0) is 14.5. The van der Waals surface area contributed by atoms with Crippen LogP contribution in [-0.4, -0.2) is 37.6 Å². The van der Waals surface area contributed by atoms with Crippen molar-refractivity contribution in [2.24, 2.45) is 0 Å². The minimum absolute atomic E-state index is 0.0942. The highest BCUT2D eigenvalue weighted by molar-refractivity contribution is 5.20. The zero-order valence-electron chi connectivity index (χ0n) is 10.9. The summed E-state index contributed by atoms with van der Waals surface area (Å²) in [5.74, 6) is 0.728. The molecule has 0 aliphatic rings. The van der Waals surface area contributed by atoms with Gasteiger partial charge in [-0.25, -0.2) is 0 Å². The Hall–Kier alpha value is -2.26. The van der Waals surface area contributed by atoms with Crippen molar-refractivity contribution in [3.05, 3.63) is 40.0 Å². The number of nitrogens with zero attached hydrogens (tertiary/aromatic N) is 4. The number of aliphatic hydroxyl groups is 1. The highest BCUT2D eigenvalue weighted by atomic mass is 16.6. The van der Waals surface area contributed by atoms with Crippen molar-refractivity contribution in [1.82, 2.24) is 20.3 Å². The molecular weight excluding hydrogens is 266 g/mol. The van der Waals surface area contributed by atoms with E-state index in [-0.39, 0.29) is 12.2 Å². The van der Waals surface area contributed by atoms with Gasteiger partial charge in [0.15, 0.2) is 0 Å². The Morgan fingerprint density at radius 3 is 3.05 bits per heavy atom. The lowest BCUT2D eigenvalue weighted by molar-refractivity contribution is -0.385. The van der Waals surface area contributed by atoms with Gasteiger partial charge < -0.3 is 14.9 Å². The molecule has 0 saturated carbocycles. The van der Waals surface area contributed by atoms with E-state index in [1.54, 1.807) is 13.0 Å². The standard InChI is InChI=1S/C11H15N5O4/c1-8-2-9(14-20-8)3-12-5-11(17)7-15-6-10(4-13-15)16(18)19/h2,4,6,11-12,17H,3,5,7H2,1H3. The largest absolute Gasteiger partial charge is 0.390 e. The van der Waals surface area contributed by atoms with E-state index in [1.807, 2.05) is 0 Å². The maximum absolute atomic E-state index is 10.5. The molecule has 0 radical (unpaired) electrons. The summed E-state index contributed by atoms with van der Waals surface area (Å²) >= 11 is 0. The summed E-state index contributed by atoms with van der Waals surface area (Å²) in [6, 6.07) is 1.80. The van der Waals surface area contributed by atoms with Crippen molar-refractivity contribution < 1.29 is 14.6 Å². The maximum atomic E-state index is 10.5. The van der Waals surface area contributed by atoms with Gasteiger partial charge >= 0.3 is 5.69 Å². The number of aryl methyl sites for hydroxylation is 1. The fourth-order valence-corrected chi connectivity index (χ4v) is 1.70. The molecule has 1 atom stereocenters. The van der Waals surface area contributed by atoms with Crippen LogP contribution in [0.25, 0.3) is 0 Å². The van der Waals surface area contributed by atoms with Crippen LogP contribution in [0, 0.1) is 17.0 Å². The Labute approximate surface area is 114 Å². The van der Waals surface area contributed by atoms with Crippen LogP contribution in [0.2, 0.25) is 0 Å². The first kappa shape index (κ1) is 14.2. The van der Waals surface area contributed by atoms with Crippen molar-refractivity contribution in [3.63, 3.8) is 0 Å². The Balaban J connectivity index is 1.74. The molecule has 0 saturated heterocycles. The average Bonchev–Trinajstić information content (AvgIpc) is 2.99. The molecule has 0 spiro atoms. The fourth-order valence-electron chi connectivity index (χ4n) is 1.70. The molecule has 0 fully saturated rings. The summed E-state index contributed by atoms with van der Waals surface area (Å²) < 4.78 is 6.25. The number of hydrogen-bond donors (Lipinski definition) is 2. The van der Waals surface area contributed by atoms with Crippen LogP contribution in [0.3, 0.4) is 0 Å². The van der Waals surface area contributed by atoms with Gasteiger partial charge in [-0.2, -0.15) is 5.10 Å². The molecule has 9 nitrogen and oxygen atoms in total. The van der Waals surface area contributed by atoms with Crippen LogP contribution in [0.4, 0.5) is 5.69 Å². The zero-order valence-corrected chi connectivity index (χ0v) is 10.9. The Morgan fingerprint density at radius 1 is 1.65 bits per heavy atom. The highest BCUT2D eigenvalue weighted by Crippen LogP contribution is 2.08. The van der Waals surface area contributed by atoms with E-state index in [4.69, 9.17) is 4.52 Å². The Morgan fingerprint density at radius 2 is 2.45 bits per heavy atom. The molecule has 0 bridgehead atoms. The average molecular weight is 281 g/mol.